The van der Waals surface area contributed by atoms with Crippen LogP contribution in [-0.2, 0) is 19.1 Å². The van der Waals surface area contributed by atoms with Gasteiger partial charge in [0.1, 0.15) is 17.9 Å². The molecule has 4 aromatic carbocycles. The normalized spacial score (nSPS) is 20.4. The molecule has 364 valence electrons. The first-order valence-corrected chi connectivity index (χ1v) is 24.2. The summed E-state index contributed by atoms with van der Waals surface area (Å²) < 4.78 is 9.65. The Bertz CT molecular complexity index is 2620. The number of amides is 4. The summed E-state index contributed by atoms with van der Waals surface area (Å²) in [6, 6.07) is 26.6. The molecule has 5 aromatic rings. The second-order valence-electron chi connectivity index (χ2n) is 18.7. The molecule has 0 radical (unpaired) electrons. The molecule has 67 heavy (non-hydrogen) atoms. The topological polar surface area (TPSA) is 158 Å². The number of hydrogen-bond donors (Lipinski definition) is 4. The average Bonchev–Trinajstić information content (AvgIpc) is 4.18. The number of aromatic nitrogens is 2. The van der Waals surface area contributed by atoms with Gasteiger partial charge in [0.25, 0.3) is 0 Å². The van der Waals surface area contributed by atoms with Crippen molar-refractivity contribution in [1.82, 2.24) is 35.7 Å². The van der Waals surface area contributed by atoms with Gasteiger partial charge in [0, 0.05) is 30.0 Å². The fourth-order valence-corrected chi connectivity index (χ4v) is 10.5. The number of hydrogen-bond acceptors (Lipinski definition) is 8. The van der Waals surface area contributed by atoms with Gasteiger partial charge in [-0.15, -0.1) is 0 Å². The van der Waals surface area contributed by atoms with Gasteiger partial charge in [-0.3, -0.25) is 9.59 Å². The van der Waals surface area contributed by atoms with Crippen LogP contribution < -0.4 is 16.0 Å². The molecular weight excluding hydrogens is 843 g/mol. The van der Waals surface area contributed by atoms with Crippen molar-refractivity contribution in [3.63, 3.8) is 0 Å². The summed E-state index contributed by atoms with van der Waals surface area (Å²) in [5.74, 6) is 0.763. The van der Waals surface area contributed by atoms with E-state index in [2.05, 4.69) is 107 Å². The molecule has 1 unspecified atom stereocenters. The number of ether oxygens (including phenoxy) is 2. The molecule has 3 aliphatic rings. The smallest absolute Gasteiger partial charge is 0.407 e. The molecule has 2 aliphatic heterocycles. The van der Waals surface area contributed by atoms with Gasteiger partial charge in [-0.2, -0.15) is 0 Å². The van der Waals surface area contributed by atoms with Gasteiger partial charge in [-0.1, -0.05) is 102 Å². The Kier molecular flexibility index (Phi) is 15.3. The molecule has 13 nitrogen and oxygen atoms in total. The predicted octanol–water partition coefficient (Wildman–Crippen LogP) is 11.2. The van der Waals surface area contributed by atoms with E-state index in [9.17, 15) is 19.2 Å². The summed E-state index contributed by atoms with van der Waals surface area (Å²) in [5.41, 5.74) is 8.25. The highest BCUT2D eigenvalue weighted by Crippen LogP contribution is 2.50. The van der Waals surface area contributed by atoms with Gasteiger partial charge in [0.05, 0.1) is 37.3 Å². The first-order valence-electron chi connectivity index (χ1n) is 24.2. The van der Waals surface area contributed by atoms with Gasteiger partial charge in [-0.25, -0.2) is 14.6 Å². The Labute approximate surface area is 401 Å². The zero-order valence-corrected chi connectivity index (χ0v) is 40.8. The average molecular weight is 920 g/mol. The lowest BCUT2D eigenvalue weighted by atomic mass is 9.95. The van der Waals surface area contributed by atoms with Gasteiger partial charge in [0.2, 0.25) is 11.8 Å². The summed E-state index contributed by atoms with van der Waals surface area (Å²) >= 11 is 0. The van der Waals surface area contributed by atoms with Crippen LogP contribution in [0.5, 0.6) is 0 Å². The van der Waals surface area contributed by atoms with Crippen LogP contribution in [0.4, 0.5) is 9.59 Å². The third-order valence-electron chi connectivity index (χ3n) is 13.9. The van der Waals surface area contributed by atoms with Gasteiger partial charge < -0.3 is 40.2 Å². The molecule has 2 bridgehead atoms. The number of aromatic amines is 1. The number of carbonyl (C=O) groups excluding carboxylic acids is 4. The molecule has 4 amide bonds. The number of nitrogens with one attached hydrogen (secondary N) is 4. The minimum Gasteiger partial charge on any atom is -0.453 e. The highest BCUT2D eigenvalue weighted by molar-refractivity contribution is 5.91. The molecule has 0 spiro atoms. The fraction of sp³-hybridized carbons (Fsp3) is 0.463. The first-order chi connectivity index (χ1) is 32.3. The highest BCUT2D eigenvalue weighted by atomic mass is 16.5. The summed E-state index contributed by atoms with van der Waals surface area (Å²) in [5, 5.41) is 11.5. The monoisotopic (exact) mass is 920 g/mol. The molecule has 13 heteroatoms. The van der Waals surface area contributed by atoms with Crippen molar-refractivity contribution in [3.8, 4) is 22.3 Å². The highest BCUT2D eigenvalue weighted by Gasteiger charge is 2.51. The van der Waals surface area contributed by atoms with Crippen LogP contribution in [0, 0.1) is 17.8 Å². The second-order valence-corrected chi connectivity index (χ2v) is 18.7. The van der Waals surface area contributed by atoms with E-state index in [1.165, 1.54) is 14.2 Å². The Hall–Kier alpha value is -6.37. The van der Waals surface area contributed by atoms with Crippen molar-refractivity contribution < 1.29 is 34.4 Å². The Morgan fingerprint density at radius 2 is 1.31 bits per heavy atom. The van der Waals surface area contributed by atoms with Crippen molar-refractivity contribution in [3.05, 3.63) is 96.3 Å². The molecule has 3 heterocycles. The quantitative estimate of drug-likeness (QED) is 0.0909. The molecule has 8 rings (SSSR count). The maximum atomic E-state index is 14.0. The van der Waals surface area contributed by atoms with Crippen molar-refractivity contribution in [2.75, 3.05) is 20.8 Å². The molecule has 1 saturated carbocycles. The number of methoxy groups -OCH3 is 2. The number of nitrogens with zero attached hydrogens (tertiary/aromatic N) is 3. The Balaban J connectivity index is 0.00000219. The van der Waals surface area contributed by atoms with Crippen molar-refractivity contribution in [1.29, 1.82) is 0 Å². The number of carbonyl (C=O) groups is 4. The van der Waals surface area contributed by atoms with Gasteiger partial charge in [0.15, 0.2) is 0 Å². The van der Waals surface area contributed by atoms with E-state index in [1.807, 2.05) is 64.3 Å². The summed E-state index contributed by atoms with van der Waals surface area (Å²) in [6.07, 6.45) is 5.60. The Morgan fingerprint density at radius 1 is 0.731 bits per heavy atom. The van der Waals surface area contributed by atoms with Crippen LogP contribution in [-0.4, -0.2) is 94.7 Å². The third-order valence-corrected chi connectivity index (χ3v) is 13.9. The number of H-pyrrole nitrogens is 1. The summed E-state index contributed by atoms with van der Waals surface area (Å²) in [6.45, 7) is 16.5. The maximum absolute atomic E-state index is 14.0. The van der Waals surface area contributed by atoms with E-state index >= 15 is 0 Å². The molecule has 2 saturated heterocycles. The zero-order chi connectivity index (χ0) is 48.1. The largest absolute Gasteiger partial charge is 0.453 e. The van der Waals surface area contributed by atoms with Crippen LogP contribution >= 0.6 is 0 Å². The van der Waals surface area contributed by atoms with E-state index in [4.69, 9.17) is 14.5 Å². The van der Waals surface area contributed by atoms with Crippen molar-refractivity contribution in [2.45, 2.75) is 124 Å². The minimum absolute atomic E-state index is 0. The molecule has 4 N–H and O–H groups in total. The van der Waals surface area contributed by atoms with E-state index in [0.717, 1.165) is 93.2 Å². The van der Waals surface area contributed by atoms with Gasteiger partial charge >= 0.3 is 12.2 Å². The summed E-state index contributed by atoms with van der Waals surface area (Å²) in [7, 11) is 2.62. The lowest BCUT2D eigenvalue weighted by Crippen LogP contribution is -2.55. The Morgan fingerprint density at radius 3 is 1.94 bits per heavy atom. The van der Waals surface area contributed by atoms with E-state index < -0.39 is 24.3 Å². The van der Waals surface area contributed by atoms with Gasteiger partial charge in [-0.05, 0) is 127 Å². The number of rotatable bonds is 13. The molecule has 1 aromatic heterocycles. The number of fused-ring (bicyclic) bond motifs is 4. The molecular formula is C54H77N7O6. The number of imidazole rings is 1. The lowest BCUT2D eigenvalue weighted by molar-refractivity contribution is -0.139. The molecule has 3 fully saturated rings. The fourth-order valence-electron chi connectivity index (χ4n) is 10.5. The lowest BCUT2D eigenvalue weighted by Gasteiger charge is -2.37. The standard InChI is InChI=1S/C52H63N7O6.C2H6.4H2/c1-9-41(53-31(6)44-11-10-24-58(44)49(60)45(29(2)3)56-51(62)64-7)38-19-18-35-25-34(16-17-36(35)26-38)32-12-14-33(15-13-32)37-21-23-42-43(28-37)55-48(54-42)47-39-20-22-40(27-39)59(47)50(61)46(30(4)5)57-52(63)65-8;1-2;;;;/h9,12-19,21,23,25-26,28-31,39-40,44-47,53H,10-11,20,22,24,27H2,1-8H3,(H,54,55)(H,56,62)(H,57,63);1-2H3;4*1H/b41-9-;;;;;/t31?,39-,40+,44-,45-,46-,47-;;;;;/m0...../s1. The summed E-state index contributed by atoms with van der Waals surface area (Å²) in [4.78, 5) is 64.5. The van der Waals surface area contributed by atoms with E-state index in [-0.39, 0.29) is 53.5 Å². The van der Waals surface area contributed by atoms with Crippen molar-refractivity contribution in [2.24, 2.45) is 17.8 Å². The molecule has 7 atom stereocenters. The zero-order valence-electron chi connectivity index (χ0n) is 40.8. The van der Waals surface area contributed by atoms with E-state index in [0.29, 0.717) is 12.5 Å². The van der Waals surface area contributed by atoms with Crippen molar-refractivity contribution >= 4 is 51.5 Å². The second kappa shape index (κ2) is 21.1. The molecule has 1 aliphatic carbocycles. The number of piperidine rings is 1. The number of allylic oxidation sites excluding steroid dienone is 1. The van der Waals surface area contributed by atoms with Crippen LogP contribution in [0.15, 0.2) is 84.9 Å². The van der Waals surface area contributed by atoms with Crippen LogP contribution in [0.1, 0.15) is 111 Å². The number of alkyl carbamates (subject to hydrolysis) is 2. The predicted molar refractivity (Wildman–Crippen MR) is 274 cm³/mol. The third kappa shape index (κ3) is 10.2. The van der Waals surface area contributed by atoms with E-state index in [1.54, 1.807) is 0 Å². The minimum atomic E-state index is -0.682. The number of benzene rings is 4. The number of likely N-dealkylation sites (tertiary alicyclic amines) is 2. The maximum Gasteiger partial charge on any atom is 0.407 e. The van der Waals surface area contributed by atoms with Crippen LogP contribution in [0.2, 0.25) is 0 Å². The first kappa shape index (κ1) is 48.6. The SMILES string of the molecule is C/C=C(\NC(C)[C@@H]1CCCN1C(=O)[C@@H](NC(=O)OC)C(C)C)c1ccc2cc(-c3ccc(-c4ccc5nc([C@@H]6[C@H]7CC[C@H](C7)N6C(=O)[C@@H](NC(=O)OC)C(C)C)[nH]c5c4)cc3)ccc2c1.CC.[HH].[HH].[HH].[HH]. The van der Waals surface area contributed by atoms with Crippen LogP contribution in [0.25, 0.3) is 49.8 Å². The van der Waals surface area contributed by atoms with Crippen LogP contribution in [0.3, 0.4) is 0 Å².